The van der Waals surface area contributed by atoms with E-state index in [2.05, 4.69) is 101 Å². The van der Waals surface area contributed by atoms with Crippen molar-refractivity contribution in [1.82, 2.24) is 14.5 Å². The van der Waals surface area contributed by atoms with Crippen LogP contribution in [0.1, 0.15) is 11.3 Å². The van der Waals surface area contributed by atoms with Crippen molar-refractivity contribution >= 4 is 21.7 Å². The zero-order valence-electron chi connectivity index (χ0n) is 18.9. The second kappa shape index (κ2) is 7.03. The van der Waals surface area contributed by atoms with Crippen molar-refractivity contribution in [2.45, 2.75) is 13.8 Å². The predicted molar refractivity (Wildman–Crippen MR) is 137 cm³/mol. The molecule has 1 aliphatic rings. The van der Waals surface area contributed by atoms with Gasteiger partial charge in [-0.1, -0.05) is 54.6 Å². The summed E-state index contributed by atoms with van der Waals surface area (Å²) >= 11 is 0. The highest BCUT2D eigenvalue weighted by Crippen LogP contribution is 2.49. The Morgan fingerprint density at radius 2 is 1.47 bits per heavy atom. The first-order chi connectivity index (χ1) is 16.7. The van der Waals surface area contributed by atoms with Gasteiger partial charge >= 0.3 is 0 Å². The van der Waals surface area contributed by atoms with Crippen molar-refractivity contribution in [2.75, 3.05) is 0 Å². The van der Waals surface area contributed by atoms with Crippen LogP contribution in [0.25, 0.3) is 49.7 Å². The van der Waals surface area contributed by atoms with Gasteiger partial charge in [-0.3, -0.25) is 0 Å². The normalized spacial score (nSPS) is 12.1. The van der Waals surface area contributed by atoms with E-state index in [9.17, 15) is 0 Å². The van der Waals surface area contributed by atoms with Crippen LogP contribution >= 0.6 is 0 Å². The molecule has 1 aliphatic heterocycles. The van der Waals surface area contributed by atoms with E-state index < -0.39 is 0 Å². The molecule has 0 aliphatic carbocycles. The Kier molecular flexibility index (Phi) is 3.94. The van der Waals surface area contributed by atoms with Gasteiger partial charge in [-0.25, -0.2) is 9.97 Å². The zero-order valence-corrected chi connectivity index (χ0v) is 18.9. The van der Waals surface area contributed by atoms with Crippen LogP contribution in [-0.4, -0.2) is 14.5 Å². The van der Waals surface area contributed by atoms with Gasteiger partial charge in [-0.05, 0) is 60.0 Å². The van der Waals surface area contributed by atoms with Crippen LogP contribution in [-0.2, 0) is 0 Å². The number of benzene rings is 4. The Labute approximate surface area is 197 Å². The maximum absolute atomic E-state index is 6.57. The van der Waals surface area contributed by atoms with E-state index in [1.165, 1.54) is 22.0 Å². The molecule has 3 heterocycles. The van der Waals surface area contributed by atoms with Gasteiger partial charge < -0.3 is 9.30 Å². The number of hydrogen-bond donors (Lipinski definition) is 0. The topological polar surface area (TPSA) is 39.9 Å². The van der Waals surface area contributed by atoms with Gasteiger partial charge in [0.2, 0.25) is 5.88 Å². The highest BCUT2D eigenvalue weighted by Gasteiger charge is 2.26. The van der Waals surface area contributed by atoms with Crippen LogP contribution < -0.4 is 4.74 Å². The monoisotopic (exact) mass is 439 g/mol. The Morgan fingerprint density at radius 3 is 2.35 bits per heavy atom. The first kappa shape index (κ1) is 19.1. The minimum atomic E-state index is 0.539. The third-order valence-electron chi connectivity index (χ3n) is 6.96. The molecule has 4 heteroatoms. The maximum atomic E-state index is 6.57. The van der Waals surface area contributed by atoms with E-state index in [1.54, 1.807) is 12.4 Å². The van der Waals surface area contributed by atoms with E-state index >= 15 is 0 Å². The molecule has 0 fully saturated rings. The lowest BCUT2D eigenvalue weighted by molar-refractivity contribution is 0.471. The minimum Gasteiger partial charge on any atom is -0.436 e. The summed E-state index contributed by atoms with van der Waals surface area (Å²) in [6, 6.07) is 27.8. The first-order valence-corrected chi connectivity index (χ1v) is 11.4. The lowest BCUT2D eigenvalue weighted by Gasteiger charge is -2.13. The predicted octanol–water partition coefficient (Wildman–Crippen LogP) is 7.63. The second-order valence-corrected chi connectivity index (χ2v) is 8.77. The van der Waals surface area contributed by atoms with Gasteiger partial charge in [0.05, 0.1) is 5.52 Å². The molecule has 34 heavy (non-hydrogen) atoms. The van der Waals surface area contributed by atoms with Crippen LogP contribution in [0.2, 0.25) is 0 Å². The minimum absolute atomic E-state index is 0.539. The molecule has 0 bridgehead atoms. The fourth-order valence-electron chi connectivity index (χ4n) is 5.22. The smallest absolute Gasteiger partial charge is 0.246 e. The van der Waals surface area contributed by atoms with E-state index in [1.807, 2.05) is 6.07 Å². The second-order valence-electron chi connectivity index (χ2n) is 8.77. The Balaban J connectivity index is 1.55. The summed E-state index contributed by atoms with van der Waals surface area (Å²) in [7, 11) is 0. The van der Waals surface area contributed by atoms with Crippen LogP contribution in [0.3, 0.4) is 0 Å². The molecular weight excluding hydrogens is 418 g/mol. The van der Waals surface area contributed by atoms with E-state index in [-0.39, 0.29) is 0 Å². The molecule has 0 N–H and O–H groups in total. The Bertz CT molecular complexity index is 1760. The van der Waals surface area contributed by atoms with Gasteiger partial charge in [-0.15, -0.1) is 0 Å². The molecule has 0 radical (unpaired) electrons. The number of nitrogens with zero attached hydrogens (tertiary/aromatic N) is 3. The van der Waals surface area contributed by atoms with Crippen LogP contribution in [0, 0.1) is 13.8 Å². The van der Waals surface area contributed by atoms with Gasteiger partial charge in [0.25, 0.3) is 0 Å². The van der Waals surface area contributed by atoms with Crippen molar-refractivity contribution in [3.63, 3.8) is 0 Å². The lowest BCUT2D eigenvalue weighted by Crippen LogP contribution is -1.97. The summed E-state index contributed by atoms with van der Waals surface area (Å²) < 4.78 is 8.90. The van der Waals surface area contributed by atoms with Gasteiger partial charge in [0.15, 0.2) is 0 Å². The van der Waals surface area contributed by atoms with Crippen molar-refractivity contribution < 1.29 is 4.74 Å². The number of aromatic nitrogens is 3. The number of aryl methyl sites for hydroxylation is 1. The molecule has 2 aromatic heterocycles. The third-order valence-corrected chi connectivity index (χ3v) is 6.96. The summed E-state index contributed by atoms with van der Waals surface area (Å²) in [6.07, 6.45) is 3.40. The maximum Gasteiger partial charge on any atom is 0.246 e. The number of ether oxygens (including phenoxy) is 1. The number of fused-ring (bicyclic) bond motifs is 8. The summed E-state index contributed by atoms with van der Waals surface area (Å²) in [4.78, 5) is 9.16. The standard InChI is InChI=1S/C30H21N3O/c1-18-19(2)33(22-12-11-20-7-3-4-8-21(20)17-22)26-14-13-25-23-9-5-6-10-24(23)28-30(32-16-15-31-28)34-29(25)27(18)26/h3-17H,1-2H3. The average Bonchev–Trinajstić information content (AvgIpc) is 3.05. The highest BCUT2D eigenvalue weighted by molar-refractivity contribution is 6.02. The molecule has 4 aromatic carbocycles. The summed E-state index contributed by atoms with van der Waals surface area (Å²) in [5.74, 6) is 1.38. The molecule has 0 amide bonds. The molecule has 0 atom stereocenters. The number of rotatable bonds is 1. The van der Waals surface area contributed by atoms with Crippen molar-refractivity contribution in [2.24, 2.45) is 0 Å². The van der Waals surface area contributed by atoms with Crippen LogP contribution in [0.4, 0.5) is 0 Å². The summed E-state index contributed by atoms with van der Waals surface area (Å²) in [5.41, 5.74) is 8.62. The zero-order chi connectivity index (χ0) is 22.8. The molecule has 0 saturated carbocycles. The van der Waals surface area contributed by atoms with Crippen molar-refractivity contribution in [3.8, 4) is 39.7 Å². The summed E-state index contributed by atoms with van der Waals surface area (Å²) in [6.45, 7) is 4.35. The lowest BCUT2D eigenvalue weighted by atomic mass is 9.96. The first-order valence-electron chi connectivity index (χ1n) is 11.4. The van der Waals surface area contributed by atoms with E-state index in [4.69, 9.17) is 4.74 Å². The molecule has 0 unspecified atom stereocenters. The van der Waals surface area contributed by atoms with Gasteiger partial charge in [-0.2, -0.15) is 0 Å². The van der Waals surface area contributed by atoms with Gasteiger partial charge in [0, 0.05) is 40.3 Å². The highest BCUT2D eigenvalue weighted by atomic mass is 16.5. The fraction of sp³-hybridized carbons (Fsp3) is 0.0667. The van der Waals surface area contributed by atoms with E-state index in [0.717, 1.165) is 44.7 Å². The molecular formula is C30H21N3O. The number of hydrogen-bond acceptors (Lipinski definition) is 3. The van der Waals surface area contributed by atoms with Crippen LogP contribution in [0.5, 0.6) is 11.6 Å². The van der Waals surface area contributed by atoms with Gasteiger partial charge in [0.1, 0.15) is 11.4 Å². The SMILES string of the molecule is Cc1c(C)n(-c2ccc3ccccc3c2)c2ccc3c(c12)Oc1nccnc1-c1ccccc1-3. The van der Waals surface area contributed by atoms with Crippen molar-refractivity contribution in [3.05, 3.63) is 103 Å². The average molecular weight is 440 g/mol. The van der Waals surface area contributed by atoms with Crippen molar-refractivity contribution in [1.29, 1.82) is 0 Å². The molecule has 0 saturated heterocycles. The Hall–Kier alpha value is -4.44. The molecule has 6 aromatic rings. The summed E-state index contributed by atoms with van der Waals surface area (Å²) in [5, 5.41) is 3.57. The quantitative estimate of drug-likeness (QED) is 0.264. The molecule has 7 rings (SSSR count). The Morgan fingerprint density at radius 1 is 0.706 bits per heavy atom. The fourth-order valence-corrected chi connectivity index (χ4v) is 5.22. The van der Waals surface area contributed by atoms with Crippen LogP contribution in [0.15, 0.2) is 91.3 Å². The largest absolute Gasteiger partial charge is 0.436 e. The molecule has 4 nitrogen and oxygen atoms in total. The molecule has 0 spiro atoms. The van der Waals surface area contributed by atoms with E-state index in [0.29, 0.717) is 5.88 Å². The third kappa shape index (κ3) is 2.59. The molecule has 162 valence electrons.